The topological polar surface area (TPSA) is 53.0 Å². The number of likely N-dealkylation sites (N-methyl/N-ethyl adjacent to an activating group) is 1. The van der Waals surface area contributed by atoms with Crippen LogP contribution < -0.4 is 4.74 Å². The number of aromatic hydroxyl groups is 1. The number of likely N-dealkylation sites (tertiary alicyclic amines) is 1. The van der Waals surface area contributed by atoms with Crippen molar-refractivity contribution in [2.75, 3.05) is 20.1 Å². The maximum Gasteiger partial charge on any atom is 0.416 e. The van der Waals surface area contributed by atoms with E-state index in [1.165, 1.54) is 12.1 Å². The second-order valence-electron chi connectivity index (χ2n) is 11.9. The first kappa shape index (κ1) is 26.1. The van der Waals surface area contributed by atoms with E-state index in [4.69, 9.17) is 4.74 Å². The quantitative estimate of drug-likeness (QED) is 0.560. The summed E-state index contributed by atoms with van der Waals surface area (Å²) in [5.41, 5.74) is 1.46. The Labute approximate surface area is 226 Å². The number of halogens is 3. The standard InChI is InChI=1S/C31H33F3N2O3/c1-18(2)17-36(27(38)13-6-19-4-7-20(8-5-19)31(32,33)34)23-10-9-22-24-16-21-25(37)11-12-26-28(21)30(22,29(23)39-26)14-15-35(24)3/h4-5,7-8,11-12,18,22-24,29,37H,9-10,14-17H2,1-3H3/t22-,23-,24+,29-,30-/m0/s1. The maximum atomic E-state index is 13.6. The van der Waals surface area contributed by atoms with Crippen molar-refractivity contribution in [2.45, 2.75) is 69.3 Å². The predicted octanol–water partition coefficient (Wildman–Crippen LogP) is 4.98. The van der Waals surface area contributed by atoms with Crippen molar-refractivity contribution >= 4 is 5.91 Å². The zero-order valence-corrected chi connectivity index (χ0v) is 22.4. The molecule has 1 amide bonds. The number of phenolic OH excluding ortho intramolecular Hbond substituents is 1. The van der Waals surface area contributed by atoms with Gasteiger partial charge in [0, 0.05) is 40.6 Å². The van der Waals surface area contributed by atoms with Gasteiger partial charge in [0.15, 0.2) is 0 Å². The van der Waals surface area contributed by atoms with Gasteiger partial charge in [-0.15, -0.1) is 0 Å². The highest BCUT2D eigenvalue weighted by Crippen LogP contribution is 2.63. The number of benzene rings is 2. The van der Waals surface area contributed by atoms with Gasteiger partial charge >= 0.3 is 6.18 Å². The van der Waals surface area contributed by atoms with Gasteiger partial charge in [0.1, 0.15) is 17.6 Å². The zero-order chi connectivity index (χ0) is 27.7. The molecule has 206 valence electrons. The molecule has 2 aromatic rings. The van der Waals surface area contributed by atoms with E-state index in [1.807, 2.05) is 11.0 Å². The van der Waals surface area contributed by atoms with Gasteiger partial charge < -0.3 is 19.6 Å². The van der Waals surface area contributed by atoms with Gasteiger partial charge in [-0.05, 0) is 87.5 Å². The Bertz CT molecular complexity index is 1360. The Morgan fingerprint density at radius 1 is 1.21 bits per heavy atom. The largest absolute Gasteiger partial charge is 0.508 e. The lowest BCUT2D eigenvalue weighted by Crippen LogP contribution is -2.68. The Morgan fingerprint density at radius 3 is 2.64 bits per heavy atom. The molecule has 0 radical (unpaired) electrons. The fourth-order valence-corrected chi connectivity index (χ4v) is 7.74. The molecule has 1 spiro atoms. The number of amides is 1. The van der Waals surface area contributed by atoms with Crippen molar-refractivity contribution in [3.05, 3.63) is 58.7 Å². The number of hydrogen-bond acceptors (Lipinski definition) is 4. The summed E-state index contributed by atoms with van der Waals surface area (Å²) in [5, 5.41) is 10.8. The minimum absolute atomic E-state index is 0.192. The fourth-order valence-electron chi connectivity index (χ4n) is 7.74. The number of carbonyl (C=O) groups excluding carboxylic acids is 1. The van der Waals surface area contributed by atoms with Crippen molar-refractivity contribution in [1.29, 1.82) is 0 Å². The van der Waals surface area contributed by atoms with Crippen molar-refractivity contribution in [2.24, 2.45) is 11.8 Å². The lowest BCUT2D eigenvalue weighted by atomic mass is 9.51. The van der Waals surface area contributed by atoms with Crippen molar-refractivity contribution < 1.29 is 27.8 Å². The van der Waals surface area contributed by atoms with E-state index in [2.05, 4.69) is 37.6 Å². The third-order valence-corrected chi connectivity index (χ3v) is 9.33. The van der Waals surface area contributed by atoms with Gasteiger partial charge in [-0.2, -0.15) is 13.2 Å². The van der Waals surface area contributed by atoms with Gasteiger partial charge in [0.2, 0.25) is 0 Å². The number of phenols is 1. The van der Waals surface area contributed by atoms with Gasteiger partial charge in [-0.3, -0.25) is 4.79 Å². The van der Waals surface area contributed by atoms with Gasteiger partial charge in [0.05, 0.1) is 11.6 Å². The number of hydrogen-bond donors (Lipinski definition) is 1. The molecule has 2 aliphatic heterocycles. The summed E-state index contributed by atoms with van der Waals surface area (Å²) in [6, 6.07) is 8.27. The van der Waals surface area contributed by atoms with Crippen LogP contribution in [-0.4, -0.2) is 59.1 Å². The van der Waals surface area contributed by atoms with E-state index in [0.717, 1.165) is 61.2 Å². The average Bonchev–Trinajstić information content (AvgIpc) is 3.23. The van der Waals surface area contributed by atoms with Gasteiger partial charge in [-0.1, -0.05) is 19.8 Å². The van der Waals surface area contributed by atoms with E-state index in [1.54, 1.807) is 6.07 Å². The third kappa shape index (κ3) is 4.09. The molecule has 2 heterocycles. The second-order valence-corrected chi connectivity index (χ2v) is 11.9. The van der Waals surface area contributed by atoms with Crippen molar-refractivity contribution in [3.63, 3.8) is 0 Å². The highest BCUT2D eigenvalue weighted by atomic mass is 19.4. The first-order chi connectivity index (χ1) is 18.5. The molecular weight excluding hydrogens is 505 g/mol. The van der Waals surface area contributed by atoms with Crippen LogP contribution in [-0.2, 0) is 22.8 Å². The lowest BCUT2D eigenvalue weighted by molar-refractivity contribution is -0.138. The normalized spacial score (nSPS) is 28.8. The Kier molecular flexibility index (Phi) is 6.14. The van der Waals surface area contributed by atoms with Crippen LogP contribution in [0.4, 0.5) is 13.2 Å². The molecule has 1 saturated carbocycles. The summed E-state index contributed by atoms with van der Waals surface area (Å²) >= 11 is 0. The van der Waals surface area contributed by atoms with E-state index in [-0.39, 0.29) is 29.4 Å². The lowest BCUT2D eigenvalue weighted by Gasteiger charge is -2.60. The second kappa shape index (κ2) is 9.19. The number of ether oxygens (including phenoxy) is 1. The Balaban J connectivity index is 1.35. The highest BCUT2D eigenvalue weighted by Gasteiger charge is 2.66. The summed E-state index contributed by atoms with van der Waals surface area (Å²) in [5.74, 6) is 6.87. The molecular formula is C31H33F3N2O3. The van der Waals surface area contributed by atoms with E-state index in [0.29, 0.717) is 29.8 Å². The number of rotatable bonds is 3. The van der Waals surface area contributed by atoms with Crippen LogP contribution in [0.2, 0.25) is 0 Å². The van der Waals surface area contributed by atoms with Crippen molar-refractivity contribution in [1.82, 2.24) is 9.80 Å². The van der Waals surface area contributed by atoms with Crippen LogP contribution in [0.5, 0.6) is 11.5 Å². The average molecular weight is 539 g/mol. The first-order valence-electron chi connectivity index (χ1n) is 13.7. The molecule has 2 aromatic carbocycles. The smallest absolute Gasteiger partial charge is 0.416 e. The summed E-state index contributed by atoms with van der Waals surface area (Å²) in [4.78, 5) is 17.9. The molecule has 6 rings (SSSR count). The SMILES string of the molecule is CC(C)CN(C(=O)C#Cc1ccc(C(F)(F)F)cc1)[C@H]1CC[C@H]2[C@H]3Cc4c(O)ccc5c4[C@@]2(CCN3C)[C@H]1O5. The molecule has 0 aromatic heterocycles. The Hall–Kier alpha value is -3.18. The van der Waals surface area contributed by atoms with Gasteiger partial charge in [0.25, 0.3) is 5.91 Å². The fraction of sp³-hybridized carbons (Fsp3) is 0.516. The summed E-state index contributed by atoms with van der Waals surface area (Å²) in [6.45, 7) is 5.54. The molecule has 0 unspecified atom stereocenters. The summed E-state index contributed by atoms with van der Waals surface area (Å²) < 4.78 is 45.5. The van der Waals surface area contributed by atoms with Crippen LogP contribution in [0.25, 0.3) is 0 Å². The first-order valence-corrected chi connectivity index (χ1v) is 13.7. The van der Waals surface area contributed by atoms with E-state index < -0.39 is 11.7 Å². The number of alkyl halides is 3. The van der Waals surface area contributed by atoms with E-state index in [9.17, 15) is 23.1 Å². The molecule has 39 heavy (non-hydrogen) atoms. The minimum atomic E-state index is -4.42. The van der Waals surface area contributed by atoms with Crippen LogP contribution in [0, 0.1) is 23.7 Å². The highest BCUT2D eigenvalue weighted by molar-refractivity contribution is 5.94. The van der Waals surface area contributed by atoms with Crippen molar-refractivity contribution in [3.8, 4) is 23.3 Å². The summed E-state index contributed by atoms with van der Waals surface area (Å²) in [7, 11) is 2.16. The third-order valence-electron chi connectivity index (χ3n) is 9.33. The van der Waals surface area contributed by atoms with Crippen LogP contribution >= 0.6 is 0 Å². The monoisotopic (exact) mass is 538 g/mol. The zero-order valence-electron chi connectivity index (χ0n) is 22.4. The summed E-state index contributed by atoms with van der Waals surface area (Å²) in [6.07, 6.45) is -1.23. The molecule has 5 nitrogen and oxygen atoms in total. The molecule has 2 fully saturated rings. The number of carbonyl (C=O) groups is 1. The number of nitrogens with zero attached hydrogens (tertiary/aromatic N) is 2. The van der Waals surface area contributed by atoms with Crippen LogP contribution in [0.3, 0.4) is 0 Å². The molecule has 1 saturated heterocycles. The molecule has 1 N–H and O–H groups in total. The maximum absolute atomic E-state index is 13.6. The van der Waals surface area contributed by atoms with Crippen LogP contribution in [0.15, 0.2) is 36.4 Å². The minimum Gasteiger partial charge on any atom is -0.508 e. The molecule has 2 bridgehead atoms. The Morgan fingerprint density at radius 2 is 1.95 bits per heavy atom. The molecule has 4 aliphatic rings. The predicted molar refractivity (Wildman–Crippen MR) is 140 cm³/mol. The van der Waals surface area contributed by atoms with E-state index >= 15 is 0 Å². The molecule has 2 aliphatic carbocycles. The van der Waals surface area contributed by atoms with Crippen LogP contribution in [0.1, 0.15) is 55.4 Å². The molecule has 8 heteroatoms. The number of piperidine rings is 1. The molecule has 5 atom stereocenters. The van der Waals surface area contributed by atoms with Gasteiger partial charge in [-0.25, -0.2) is 0 Å².